The quantitative estimate of drug-likeness (QED) is 0.484. The van der Waals surface area contributed by atoms with Crippen molar-refractivity contribution >= 4 is 40.9 Å². The highest BCUT2D eigenvalue weighted by atomic mass is 32.2. The topological polar surface area (TPSA) is 97.1 Å². The number of amides is 3. The molecule has 2 fully saturated rings. The average Bonchev–Trinajstić information content (AvgIpc) is 3.53. The molecule has 3 heterocycles. The number of hydrogen-bond acceptors (Lipinski definition) is 7. The predicted molar refractivity (Wildman–Crippen MR) is 119 cm³/mol. The van der Waals surface area contributed by atoms with E-state index in [0.29, 0.717) is 36.8 Å². The monoisotopic (exact) mass is 454 g/mol. The molecule has 2 aromatic rings. The highest BCUT2D eigenvalue weighted by Gasteiger charge is 2.37. The number of rotatable bonds is 6. The molecule has 0 N–H and O–H groups in total. The summed E-state index contributed by atoms with van der Waals surface area (Å²) in [5.41, 5.74) is 1.20. The zero-order valence-corrected chi connectivity index (χ0v) is 18.4. The number of ether oxygens (including phenoxy) is 1. The van der Waals surface area contributed by atoms with Gasteiger partial charge in [-0.3, -0.25) is 19.3 Å². The van der Waals surface area contributed by atoms with Crippen molar-refractivity contribution in [2.45, 2.75) is 19.8 Å². The third kappa shape index (κ3) is 4.62. The number of likely N-dealkylation sites (tertiary alicyclic amines) is 1. The van der Waals surface area contributed by atoms with Crippen LogP contribution in [-0.4, -0.2) is 59.1 Å². The Kier molecular flexibility index (Phi) is 6.45. The number of esters is 1. The zero-order valence-electron chi connectivity index (χ0n) is 17.5. The Labute approximate surface area is 189 Å². The van der Waals surface area contributed by atoms with Gasteiger partial charge in [0.1, 0.15) is 18.1 Å². The summed E-state index contributed by atoms with van der Waals surface area (Å²) in [7, 11) is 0. The summed E-state index contributed by atoms with van der Waals surface area (Å²) in [6.07, 6.45) is 3.39. The Hall–Kier alpha value is -3.33. The standard InChI is InChI=1S/C23H22N2O6S/c1-2-30-22(28)16-7-5-15(6-8-16)18-10-9-17(31-18)13-19-21(27)25(23(29)32-19)14-20(26)24-11-3-4-12-24/h5-10,13H,2-4,11-12,14H2,1H3/b19-13+. The maximum atomic E-state index is 12.7. The first kappa shape index (κ1) is 21.9. The first-order chi connectivity index (χ1) is 15.5. The summed E-state index contributed by atoms with van der Waals surface area (Å²) >= 11 is 0.792. The summed E-state index contributed by atoms with van der Waals surface area (Å²) < 4.78 is 10.8. The molecule has 2 saturated heterocycles. The van der Waals surface area contributed by atoms with Gasteiger partial charge in [-0.2, -0.15) is 0 Å². The number of benzene rings is 1. The van der Waals surface area contributed by atoms with E-state index < -0.39 is 17.1 Å². The Balaban J connectivity index is 1.44. The molecular weight excluding hydrogens is 432 g/mol. The molecule has 0 radical (unpaired) electrons. The highest BCUT2D eigenvalue weighted by molar-refractivity contribution is 8.18. The Bertz CT molecular complexity index is 1080. The number of hydrogen-bond donors (Lipinski definition) is 0. The van der Waals surface area contributed by atoms with Gasteiger partial charge in [-0.25, -0.2) is 4.79 Å². The molecule has 4 rings (SSSR count). The van der Waals surface area contributed by atoms with Crippen LogP contribution in [0.3, 0.4) is 0 Å². The molecule has 1 aromatic carbocycles. The number of carbonyl (C=O) groups excluding carboxylic acids is 4. The van der Waals surface area contributed by atoms with Gasteiger partial charge in [0.2, 0.25) is 5.91 Å². The summed E-state index contributed by atoms with van der Waals surface area (Å²) in [5.74, 6) is -0.138. The van der Waals surface area contributed by atoms with Crippen LogP contribution in [0.5, 0.6) is 0 Å². The van der Waals surface area contributed by atoms with Gasteiger partial charge in [-0.05, 0) is 55.8 Å². The van der Waals surface area contributed by atoms with E-state index >= 15 is 0 Å². The van der Waals surface area contributed by atoms with Crippen molar-refractivity contribution in [2.24, 2.45) is 0 Å². The molecule has 9 heteroatoms. The van der Waals surface area contributed by atoms with Crippen molar-refractivity contribution in [3.63, 3.8) is 0 Å². The number of carbonyl (C=O) groups is 4. The summed E-state index contributed by atoms with van der Waals surface area (Å²) in [6, 6.07) is 10.2. The average molecular weight is 455 g/mol. The van der Waals surface area contributed by atoms with E-state index in [9.17, 15) is 19.2 Å². The van der Waals surface area contributed by atoms with Crippen molar-refractivity contribution in [3.8, 4) is 11.3 Å². The lowest BCUT2D eigenvalue weighted by Gasteiger charge is -2.18. The van der Waals surface area contributed by atoms with E-state index in [2.05, 4.69) is 0 Å². The SMILES string of the molecule is CCOC(=O)c1ccc(-c2ccc(/C=C3/SC(=O)N(CC(=O)N4CCCC4)C3=O)o2)cc1. The molecule has 0 atom stereocenters. The Morgan fingerprint density at radius 3 is 2.50 bits per heavy atom. The molecule has 0 spiro atoms. The molecule has 1 aromatic heterocycles. The minimum atomic E-state index is -0.496. The normalized spacial score (nSPS) is 17.5. The van der Waals surface area contributed by atoms with Gasteiger partial charge in [0.15, 0.2) is 0 Å². The summed E-state index contributed by atoms with van der Waals surface area (Å²) in [4.78, 5) is 51.9. The van der Waals surface area contributed by atoms with Crippen LogP contribution in [0, 0.1) is 0 Å². The van der Waals surface area contributed by atoms with Gasteiger partial charge in [0.05, 0.1) is 17.1 Å². The zero-order chi connectivity index (χ0) is 22.7. The Morgan fingerprint density at radius 2 is 1.81 bits per heavy atom. The van der Waals surface area contributed by atoms with Gasteiger partial charge in [0, 0.05) is 24.7 Å². The molecule has 0 bridgehead atoms. The van der Waals surface area contributed by atoms with Crippen molar-refractivity contribution in [1.29, 1.82) is 0 Å². The van der Waals surface area contributed by atoms with Crippen LogP contribution in [0.1, 0.15) is 35.9 Å². The lowest BCUT2D eigenvalue weighted by atomic mass is 10.1. The predicted octanol–water partition coefficient (Wildman–Crippen LogP) is 3.78. The fourth-order valence-corrected chi connectivity index (χ4v) is 4.36. The van der Waals surface area contributed by atoms with E-state index in [1.165, 1.54) is 6.08 Å². The van der Waals surface area contributed by atoms with Crippen molar-refractivity contribution in [2.75, 3.05) is 26.2 Å². The minimum Gasteiger partial charge on any atom is -0.462 e. The van der Waals surface area contributed by atoms with E-state index in [1.807, 2.05) is 0 Å². The van der Waals surface area contributed by atoms with Gasteiger partial charge < -0.3 is 14.1 Å². The van der Waals surface area contributed by atoms with Crippen LogP contribution < -0.4 is 0 Å². The van der Waals surface area contributed by atoms with Gasteiger partial charge >= 0.3 is 5.97 Å². The maximum Gasteiger partial charge on any atom is 0.338 e. The number of thioether (sulfide) groups is 1. The van der Waals surface area contributed by atoms with Gasteiger partial charge in [-0.1, -0.05) is 12.1 Å². The molecule has 0 saturated carbocycles. The van der Waals surface area contributed by atoms with Gasteiger partial charge in [-0.15, -0.1) is 0 Å². The summed E-state index contributed by atoms with van der Waals surface area (Å²) in [6.45, 7) is 3.15. The number of nitrogens with zero attached hydrogens (tertiary/aromatic N) is 2. The van der Waals surface area contributed by atoms with Crippen molar-refractivity contribution in [3.05, 3.63) is 52.6 Å². The first-order valence-corrected chi connectivity index (χ1v) is 11.2. The molecule has 32 heavy (non-hydrogen) atoms. The number of furan rings is 1. The maximum absolute atomic E-state index is 12.7. The molecule has 0 aliphatic carbocycles. The largest absolute Gasteiger partial charge is 0.462 e. The van der Waals surface area contributed by atoms with E-state index in [1.54, 1.807) is 48.2 Å². The first-order valence-electron chi connectivity index (χ1n) is 10.4. The second-order valence-electron chi connectivity index (χ2n) is 7.36. The van der Waals surface area contributed by atoms with Gasteiger partial charge in [0.25, 0.3) is 11.1 Å². The van der Waals surface area contributed by atoms with Crippen molar-refractivity contribution in [1.82, 2.24) is 9.80 Å². The van der Waals surface area contributed by atoms with Crippen LogP contribution >= 0.6 is 11.8 Å². The second kappa shape index (κ2) is 9.44. The third-order valence-corrected chi connectivity index (χ3v) is 6.11. The van der Waals surface area contributed by atoms with Crippen LogP contribution in [0.4, 0.5) is 4.79 Å². The molecule has 2 aliphatic heterocycles. The lowest BCUT2D eigenvalue weighted by Crippen LogP contribution is -2.40. The highest BCUT2D eigenvalue weighted by Crippen LogP contribution is 2.33. The van der Waals surface area contributed by atoms with Crippen LogP contribution in [0.2, 0.25) is 0 Å². The molecule has 166 valence electrons. The lowest BCUT2D eigenvalue weighted by molar-refractivity contribution is -0.135. The second-order valence-corrected chi connectivity index (χ2v) is 8.35. The number of imide groups is 1. The molecule has 2 aliphatic rings. The smallest absolute Gasteiger partial charge is 0.338 e. The molecule has 0 unspecified atom stereocenters. The van der Waals surface area contributed by atoms with E-state index in [-0.39, 0.29) is 17.4 Å². The van der Waals surface area contributed by atoms with Crippen LogP contribution in [-0.2, 0) is 14.3 Å². The van der Waals surface area contributed by atoms with E-state index in [4.69, 9.17) is 9.15 Å². The van der Waals surface area contributed by atoms with Crippen molar-refractivity contribution < 1.29 is 28.3 Å². The molecule has 3 amide bonds. The fraction of sp³-hybridized carbons (Fsp3) is 0.304. The molecule has 8 nitrogen and oxygen atoms in total. The Morgan fingerprint density at radius 1 is 1.09 bits per heavy atom. The fourth-order valence-electron chi connectivity index (χ4n) is 3.54. The molecular formula is C23H22N2O6S. The minimum absolute atomic E-state index is 0.211. The van der Waals surface area contributed by atoms with Crippen LogP contribution in [0.25, 0.3) is 17.4 Å². The summed E-state index contributed by atoms with van der Waals surface area (Å²) in [5, 5.41) is -0.463. The third-order valence-electron chi connectivity index (χ3n) is 5.21. The van der Waals surface area contributed by atoms with E-state index in [0.717, 1.165) is 35.1 Å². The van der Waals surface area contributed by atoms with Crippen LogP contribution in [0.15, 0.2) is 45.7 Å².